The van der Waals surface area contributed by atoms with Crippen molar-refractivity contribution in [2.24, 2.45) is 0 Å². The van der Waals surface area contributed by atoms with Gasteiger partial charge in [0.25, 0.3) is 0 Å². The third kappa shape index (κ3) is 2.10. The summed E-state index contributed by atoms with van der Waals surface area (Å²) in [6, 6.07) is 1.78. The molecule has 2 atom stereocenters. The summed E-state index contributed by atoms with van der Waals surface area (Å²) in [5.41, 5.74) is 0. The van der Waals surface area contributed by atoms with Crippen molar-refractivity contribution in [3.8, 4) is 6.07 Å². The van der Waals surface area contributed by atoms with E-state index < -0.39 is 6.09 Å². The number of hydrogen-bond donors (Lipinski definition) is 1. The largest absolute Gasteiger partial charge is 0.465 e. The molecule has 0 saturated carbocycles. The average Bonchev–Trinajstić information content (AvgIpc) is 2.48. The minimum Gasteiger partial charge on any atom is -0.465 e. The highest BCUT2D eigenvalue weighted by atomic mass is 16.5. The molecule has 1 aliphatic rings. The predicted molar refractivity (Wildman–Crippen MR) is 44.2 cm³/mol. The van der Waals surface area contributed by atoms with Crippen LogP contribution in [0.25, 0.3) is 0 Å². The Morgan fingerprint density at radius 3 is 3.00 bits per heavy atom. The number of carboxylic acid groups (broad SMARTS) is 1. The van der Waals surface area contributed by atoms with Crippen LogP contribution in [-0.4, -0.2) is 41.9 Å². The zero-order valence-corrected chi connectivity index (χ0v) is 7.43. The van der Waals surface area contributed by atoms with E-state index in [2.05, 4.69) is 0 Å². The smallest absolute Gasteiger partial charge is 0.407 e. The highest BCUT2D eigenvalue weighted by molar-refractivity contribution is 5.66. The molecule has 1 saturated heterocycles. The molecule has 1 rings (SSSR count). The predicted octanol–water partition coefficient (Wildman–Crippen LogP) is 0.667. The number of nitriles is 1. The van der Waals surface area contributed by atoms with Crippen molar-refractivity contribution in [3.05, 3.63) is 0 Å². The lowest BCUT2D eigenvalue weighted by molar-refractivity contribution is 0.103. The molecule has 1 N–H and O–H groups in total. The summed E-state index contributed by atoms with van der Waals surface area (Å²) < 4.78 is 5.05. The van der Waals surface area contributed by atoms with Gasteiger partial charge in [-0.3, -0.25) is 0 Å². The fraction of sp³-hybridized carbons (Fsp3) is 0.750. The van der Waals surface area contributed by atoms with E-state index in [0.29, 0.717) is 13.0 Å². The van der Waals surface area contributed by atoms with Crippen LogP contribution in [0.3, 0.4) is 0 Å². The molecule has 1 heterocycles. The minimum atomic E-state index is -0.972. The maximum atomic E-state index is 10.7. The first-order valence-corrected chi connectivity index (χ1v) is 4.08. The van der Waals surface area contributed by atoms with Crippen LogP contribution < -0.4 is 0 Å². The molecule has 5 heteroatoms. The van der Waals surface area contributed by atoms with E-state index >= 15 is 0 Å². The minimum absolute atomic E-state index is 0.0607. The number of nitrogens with zero attached hydrogens (tertiary/aromatic N) is 2. The van der Waals surface area contributed by atoms with Gasteiger partial charge in [0.2, 0.25) is 0 Å². The maximum Gasteiger partial charge on any atom is 0.407 e. The second-order valence-electron chi connectivity index (χ2n) is 3.04. The monoisotopic (exact) mass is 184 g/mol. The quantitative estimate of drug-likeness (QED) is 0.684. The fourth-order valence-electron chi connectivity index (χ4n) is 1.58. The molecule has 1 aliphatic heterocycles. The van der Waals surface area contributed by atoms with Gasteiger partial charge in [-0.1, -0.05) is 0 Å². The summed E-state index contributed by atoms with van der Waals surface area (Å²) in [4.78, 5) is 12.0. The molecular weight excluding hydrogens is 172 g/mol. The number of hydrogen-bond acceptors (Lipinski definition) is 3. The van der Waals surface area contributed by atoms with Crippen LogP contribution in [0.4, 0.5) is 4.79 Å². The molecule has 13 heavy (non-hydrogen) atoms. The van der Waals surface area contributed by atoms with Crippen molar-refractivity contribution in [2.75, 3.05) is 13.7 Å². The van der Waals surface area contributed by atoms with Gasteiger partial charge in [0.15, 0.2) is 0 Å². The van der Waals surface area contributed by atoms with Crippen LogP contribution in [0, 0.1) is 11.3 Å². The molecule has 0 aromatic heterocycles. The van der Waals surface area contributed by atoms with Crippen molar-refractivity contribution < 1.29 is 14.6 Å². The lowest BCUT2D eigenvalue weighted by Crippen LogP contribution is -2.34. The van der Waals surface area contributed by atoms with Gasteiger partial charge in [-0.15, -0.1) is 0 Å². The summed E-state index contributed by atoms with van der Waals surface area (Å²) in [5.74, 6) is 0. The van der Waals surface area contributed by atoms with Crippen molar-refractivity contribution in [1.29, 1.82) is 5.26 Å². The van der Waals surface area contributed by atoms with Crippen molar-refractivity contribution in [1.82, 2.24) is 4.90 Å². The highest BCUT2D eigenvalue weighted by Crippen LogP contribution is 2.21. The van der Waals surface area contributed by atoms with E-state index in [1.165, 1.54) is 4.90 Å². The van der Waals surface area contributed by atoms with Gasteiger partial charge in [-0.2, -0.15) is 5.26 Å². The number of amides is 1. The van der Waals surface area contributed by atoms with E-state index in [4.69, 9.17) is 15.1 Å². The topological polar surface area (TPSA) is 73.6 Å². The van der Waals surface area contributed by atoms with Crippen molar-refractivity contribution >= 4 is 6.09 Å². The zero-order chi connectivity index (χ0) is 9.84. The Bertz CT molecular complexity index is 236. The molecule has 0 bridgehead atoms. The van der Waals surface area contributed by atoms with Gasteiger partial charge in [0.05, 0.1) is 31.2 Å². The van der Waals surface area contributed by atoms with Crippen LogP contribution in [0.2, 0.25) is 0 Å². The number of rotatable bonds is 2. The molecule has 5 nitrogen and oxygen atoms in total. The lowest BCUT2D eigenvalue weighted by Gasteiger charge is -2.17. The Kier molecular flexibility index (Phi) is 3.09. The summed E-state index contributed by atoms with van der Waals surface area (Å²) in [5, 5.41) is 17.3. The van der Waals surface area contributed by atoms with Gasteiger partial charge in [0, 0.05) is 7.11 Å². The first kappa shape index (κ1) is 9.81. The molecule has 72 valence electrons. The zero-order valence-electron chi connectivity index (χ0n) is 7.43. The maximum absolute atomic E-state index is 10.7. The second kappa shape index (κ2) is 4.10. The Hall–Kier alpha value is -1.28. The van der Waals surface area contributed by atoms with E-state index in [-0.39, 0.29) is 18.6 Å². The number of likely N-dealkylation sites (tertiary alicyclic amines) is 1. The first-order chi connectivity index (χ1) is 6.19. The van der Waals surface area contributed by atoms with E-state index in [0.717, 1.165) is 0 Å². The van der Waals surface area contributed by atoms with Gasteiger partial charge in [-0.25, -0.2) is 4.79 Å². The highest BCUT2D eigenvalue weighted by Gasteiger charge is 2.34. The number of methoxy groups -OCH3 is 1. The fourth-order valence-corrected chi connectivity index (χ4v) is 1.58. The molecule has 1 amide bonds. The Morgan fingerprint density at radius 2 is 2.54 bits per heavy atom. The number of carbonyl (C=O) groups is 1. The molecule has 0 radical (unpaired) electrons. The lowest BCUT2D eigenvalue weighted by atomic mass is 10.1. The molecule has 0 spiro atoms. The SMILES string of the molecule is COC1CC(CC#N)N(C(=O)O)C1. The van der Waals surface area contributed by atoms with Gasteiger partial charge < -0.3 is 14.7 Å². The van der Waals surface area contributed by atoms with Crippen LogP contribution in [0.1, 0.15) is 12.8 Å². The molecule has 0 aromatic carbocycles. The molecule has 0 aromatic rings. The van der Waals surface area contributed by atoms with Gasteiger partial charge >= 0.3 is 6.09 Å². The third-order valence-electron chi connectivity index (χ3n) is 2.28. The summed E-state index contributed by atoms with van der Waals surface area (Å²) in [6.07, 6.45) is -0.169. The van der Waals surface area contributed by atoms with Gasteiger partial charge in [0.1, 0.15) is 0 Å². The third-order valence-corrected chi connectivity index (χ3v) is 2.28. The van der Waals surface area contributed by atoms with Crippen molar-refractivity contribution in [2.45, 2.75) is 25.0 Å². The van der Waals surface area contributed by atoms with Gasteiger partial charge in [-0.05, 0) is 6.42 Å². The Balaban J connectivity index is 2.60. The second-order valence-corrected chi connectivity index (χ2v) is 3.04. The molecule has 1 fully saturated rings. The summed E-state index contributed by atoms with van der Waals surface area (Å²) in [7, 11) is 1.56. The van der Waals surface area contributed by atoms with E-state index in [9.17, 15) is 4.79 Å². The van der Waals surface area contributed by atoms with Crippen LogP contribution in [0.15, 0.2) is 0 Å². The van der Waals surface area contributed by atoms with Crippen LogP contribution in [0.5, 0.6) is 0 Å². The Morgan fingerprint density at radius 1 is 1.85 bits per heavy atom. The average molecular weight is 184 g/mol. The standard InChI is InChI=1S/C8H12N2O3/c1-13-7-4-6(2-3-9)10(5-7)8(11)12/h6-7H,2,4-5H2,1H3,(H,11,12). The molecule has 0 aliphatic carbocycles. The van der Waals surface area contributed by atoms with E-state index in [1.54, 1.807) is 7.11 Å². The normalized spacial score (nSPS) is 27.2. The van der Waals surface area contributed by atoms with Crippen molar-refractivity contribution in [3.63, 3.8) is 0 Å². The first-order valence-electron chi connectivity index (χ1n) is 4.08. The molecular formula is C8H12N2O3. The summed E-state index contributed by atoms with van der Waals surface area (Å²) in [6.45, 7) is 0.373. The van der Waals surface area contributed by atoms with E-state index in [1.807, 2.05) is 6.07 Å². The van der Waals surface area contributed by atoms with Crippen LogP contribution in [-0.2, 0) is 4.74 Å². The van der Waals surface area contributed by atoms with Crippen LogP contribution >= 0.6 is 0 Å². The Labute approximate surface area is 76.5 Å². The summed E-state index contributed by atoms with van der Waals surface area (Å²) >= 11 is 0. The molecule has 2 unspecified atom stereocenters. The number of ether oxygens (including phenoxy) is 1.